The van der Waals surface area contributed by atoms with Gasteiger partial charge in [-0.15, -0.1) is 12.4 Å². The maximum atomic E-state index is 12.2. The van der Waals surface area contributed by atoms with Gasteiger partial charge in [0.1, 0.15) is 0 Å². The van der Waals surface area contributed by atoms with Crippen molar-refractivity contribution in [3.05, 3.63) is 0 Å². The molecule has 1 fully saturated rings. The van der Waals surface area contributed by atoms with Gasteiger partial charge < -0.3 is 15.5 Å². The third-order valence-electron chi connectivity index (χ3n) is 4.33. The van der Waals surface area contributed by atoms with Gasteiger partial charge in [0.05, 0.1) is 0 Å². The number of likely N-dealkylation sites (tertiary alicyclic amines) is 1. The summed E-state index contributed by atoms with van der Waals surface area (Å²) in [7, 11) is 0. The lowest BCUT2D eigenvalue weighted by atomic mass is 9.79. The van der Waals surface area contributed by atoms with Crippen molar-refractivity contribution in [3.63, 3.8) is 0 Å². The monoisotopic (exact) mass is 319 g/mol. The molecule has 1 aliphatic rings. The van der Waals surface area contributed by atoms with Crippen LogP contribution in [0.3, 0.4) is 0 Å². The first-order valence-electron chi connectivity index (χ1n) is 7.63. The average Bonchev–Trinajstić information content (AvgIpc) is 2.40. The molecule has 0 radical (unpaired) electrons. The second-order valence-electron chi connectivity index (χ2n) is 6.27. The highest BCUT2D eigenvalue weighted by atomic mass is 35.5. The van der Waals surface area contributed by atoms with E-state index in [1.54, 1.807) is 4.90 Å². The Bertz CT molecular complexity index is 357. The van der Waals surface area contributed by atoms with Crippen molar-refractivity contribution >= 4 is 24.2 Å². The molecule has 0 saturated carbocycles. The van der Waals surface area contributed by atoms with Gasteiger partial charge in [0.15, 0.2) is 0 Å². The molecule has 0 aliphatic carbocycles. The average molecular weight is 320 g/mol. The molecule has 1 aliphatic heterocycles. The maximum absolute atomic E-state index is 12.2. The number of rotatable bonds is 5. The lowest BCUT2D eigenvalue weighted by Crippen LogP contribution is -2.54. The third kappa shape index (κ3) is 5.47. The molecule has 1 unspecified atom stereocenters. The van der Waals surface area contributed by atoms with Crippen LogP contribution in [0.4, 0.5) is 0 Å². The Morgan fingerprint density at radius 1 is 1.24 bits per heavy atom. The van der Waals surface area contributed by atoms with Gasteiger partial charge in [-0.2, -0.15) is 0 Å². The SMILES string of the molecule is CCN(CC)C(=O)CCC(=O)N1CCC(N)C(C)(C)C1.Cl. The molecule has 1 rings (SSSR count). The van der Waals surface area contributed by atoms with Gasteiger partial charge in [-0.3, -0.25) is 9.59 Å². The summed E-state index contributed by atoms with van der Waals surface area (Å²) in [5, 5.41) is 0. The fourth-order valence-corrected chi connectivity index (χ4v) is 2.69. The molecule has 124 valence electrons. The summed E-state index contributed by atoms with van der Waals surface area (Å²) in [6, 6.07) is 0.142. The first-order valence-corrected chi connectivity index (χ1v) is 7.63. The Hall–Kier alpha value is -0.810. The van der Waals surface area contributed by atoms with Crippen molar-refractivity contribution in [1.82, 2.24) is 9.80 Å². The van der Waals surface area contributed by atoms with Crippen LogP contribution in [0.1, 0.15) is 47.0 Å². The van der Waals surface area contributed by atoms with Crippen molar-refractivity contribution in [1.29, 1.82) is 0 Å². The molecule has 0 aromatic rings. The quantitative estimate of drug-likeness (QED) is 0.837. The number of amides is 2. The molecule has 0 aromatic carbocycles. The van der Waals surface area contributed by atoms with Crippen LogP contribution >= 0.6 is 12.4 Å². The van der Waals surface area contributed by atoms with Gasteiger partial charge in [-0.05, 0) is 25.7 Å². The Kier molecular flexibility index (Phi) is 8.26. The standard InChI is InChI=1S/C15H29N3O2.ClH/c1-5-17(6-2)13(19)7-8-14(20)18-10-9-12(16)15(3,4)11-18;/h12H,5-11,16H2,1-4H3;1H. The zero-order chi connectivity index (χ0) is 15.3. The highest BCUT2D eigenvalue weighted by molar-refractivity contribution is 5.85. The molecule has 5 nitrogen and oxygen atoms in total. The largest absolute Gasteiger partial charge is 0.343 e. The van der Waals surface area contributed by atoms with Crippen LogP contribution in [0.25, 0.3) is 0 Å². The molecular formula is C15H30ClN3O2. The van der Waals surface area contributed by atoms with Crippen molar-refractivity contribution in [2.75, 3.05) is 26.2 Å². The molecule has 1 heterocycles. The second-order valence-corrected chi connectivity index (χ2v) is 6.27. The van der Waals surface area contributed by atoms with E-state index in [9.17, 15) is 9.59 Å². The minimum atomic E-state index is -0.0448. The molecule has 0 bridgehead atoms. The van der Waals surface area contributed by atoms with E-state index in [2.05, 4.69) is 13.8 Å². The summed E-state index contributed by atoms with van der Waals surface area (Å²) in [6.45, 7) is 10.9. The van der Waals surface area contributed by atoms with Gasteiger partial charge in [0, 0.05) is 45.1 Å². The van der Waals surface area contributed by atoms with Crippen LogP contribution in [-0.4, -0.2) is 53.8 Å². The van der Waals surface area contributed by atoms with Gasteiger partial charge in [-0.1, -0.05) is 13.8 Å². The number of hydrogen-bond acceptors (Lipinski definition) is 3. The summed E-state index contributed by atoms with van der Waals surface area (Å²) in [5.41, 5.74) is 6.03. The first kappa shape index (κ1) is 20.2. The van der Waals surface area contributed by atoms with Gasteiger partial charge in [0.25, 0.3) is 0 Å². The summed E-state index contributed by atoms with van der Waals surface area (Å²) in [4.78, 5) is 27.7. The van der Waals surface area contributed by atoms with Crippen molar-refractivity contribution in [2.45, 2.75) is 53.0 Å². The minimum absolute atomic E-state index is 0. The van der Waals surface area contributed by atoms with E-state index in [4.69, 9.17) is 5.73 Å². The van der Waals surface area contributed by atoms with E-state index in [1.165, 1.54) is 0 Å². The number of halogens is 1. The Morgan fingerprint density at radius 3 is 2.29 bits per heavy atom. The van der Waals surface area contributed by atoms with E-state index < -0.39 is 0 Å². The predicted octanol–water partition coefficient (Wildman–Crippen LogP) is 1.64. The van der Waals surface area contributed by atoms with Crippen LogP contribution in [-0.2, 0) is 9.59 Å². The fraction of sp³-hybridized carbons (Fsp3) is 0.867. The topological polar surface area (TPSA) is 66.6 Å². The fourth-order valence-electron chi connectivity index (χ4n) is 2.69. The Morgan fingerprint density at radius 2 is 1.81 bits per heavy atom. The van der Waals surface area contributed by atoms with Crippen LogP contribution in [0.2, 0.25) is 0 Å². The number of nitrogens with zero attached hydrogens (tertiary/aromatic N) is 2. The zero-order valence-corrected chi connectivity index (χ0v) is 14.5. The highest BCUT2D eigenvalue weighted by Crippen LogP contribution is 2.28. The van der Waals surface area contributed by atoms with Crippen LogP contribution in [0.15, 0.2) is 0 Å². The van der Waals surface area contributed by atoms with Gasteiger partial charge >= 0.3 is 0 Å². The van der Waals surface area contributed by atoms with Crippen LogP contribution < -0.4 is 5.73 Å². The smallest absolute Gasteiger partial charge is 0.223 e. The molecule has 1 saturated heterocycles. The van der Waals surface area contributed by atoms with E-state index >= 15 is 0 Å². The summed E-state index contributed by atoms with van der Waals surface area (Å²) in [5.74, 6) is 0.141. The summed E-state index contributed by atoms with van der Waals surface area (Å²) < 4.78 is 0. The van der Waals surface area contributed by atoms with E-state index in [0.717, 1.165) is 6.42 Å². The normalized spacial score (nSPS) is 20.6. The molecule has 21 heavy (non-hydrogen) atoms. The molecule has 0 aromatic heterocycles. The van der Waals surface area contributed by atoms with Gasteiger partial charge in [-0.25, -0.2) is 0 Å². The van der Waals surface area contributed by atoms with Gasteiger partial charge in [0.2, 0.25) is 11.8 Å². The minimum Gasteiger partial charge on any atom is -0.343 e. The molecular weight excluding hydrogens is 290 g/mol. The number of hydrogen-bond donors (Lipinski definition) is 1. The number of nitrogens with two attached hydrogens (primary N) is 1. The second kappa shape index (κ2) is 8.59. The molecule has 0 spiro atoms. The van der Waals surface area contributed by atoms with E-state index in [1.807, 2.05) is 18.7 Å². The molecule has 1 atom stereocenters. The summed E-state index contributed by atoms with van der Waals surface area (Å²) >= 11 is 0. The van der Waals surface area contributed by atoms with Crippen molar-refractivity contribution < 1.29 is 9.59 Å². The molecule has 6 heteroatoms. The number of carbonyl (C=O) groups is 2. The highest BCUT2D eigenvalue weighted by Gasteiger charge is 2.35. The zero-order valence-electron chi connectivity index (χ0n) is 13.7. The molecule has 2 N–H and O–H groups in total. The Labute approximate surface area is 134 Å². The molecule has 2 amide bonds. The summed E-state index contributed by atoms with van der Waals surface area (Å²) in [6.07, 6.45) is 1.45. The van der Waals surface area contributed by atoms with Crippen LogP contribution in [0.5, 0.6) is 0 Å². The van der Waals surface area contributed by atoms with E-state index in [-0.39, 0.29) is 35.7 Å². The van der Waals surface area contributed by atoms with Crippen molar-refractivity contribution in [2.24, 2.45) is 11.1 Å². The third-order valence-corrected chi connectivity index (χ3v) is 4.33. The predicted molar refractivity (Wildman–Crippen MR) is 87.4 cm³/mol. The maximum Gasteiger partial charge on any atom is 0.223 e. The lowest BCUT2D eigenvalue weighted by molar-refractivity contribution is -0.138. The van der Waals surface area contributed by atoms with E-state index in [0.29, 0.717) is 39.0 Å². The Balaban J connectivity index is 0.00000400. The first-order chi connectivity index (χ1) is 9.31. The number of piperidine rings is 1. The van der Waals surface area contributed by atoms with Crippen molar-refractivity contribution in [3.8, 4) is 0 Å². The number of carbonyl (C=O) groups excluding carboxylic acids is 2. The van der Waals surface area contributed by atoms with Crippen LogP contribution in [0, 0.1) is 5.41 Å². The lowest BCUT2D eigenvalue weighted by Gasteiger charge is -2.42.